The van der Waals surface area contributed by atoms with Crippen LogP contribution in [-0.4, -0.2) is 40.6 Å². The first-order valence-electron chi connectivity index (χ1n) is 6.03. The lowest BCUT2D eigenvalue weighted by Gasteiger charge is -2.05. The number of carbonyl (C=O) groups excluding carboxylic acids is 1. The number of nitrogens with one attached hydrogen (secondary N) is 1. The van der Waals surface area contributed by atoms with Gasteiger partial charge in [-0.3, -0.25) is 4.79 Å². The first kappa shape index (κ1) is 14.4. The molecule has 1 amide bonds. The molecule has 0 spiro atoms. The molecule has 0 aliphatic heterocycles. The average molecular weight is 292 g/mol. The maximum atomic E-state index is 11.3. The molecule has 1 aromatic carbocycles. The van der Waals surface area contributed by atoms with E-state index in [-0.39, 0.29) is 5.91 Å². The standard InChI is InChI=1S/C13H16N4O2S/c1-14-11(18)8-20-13-16-15-12(17(13)2)9-5-4-6-10(7-9)19-3/h4-7H,8H2,1-3H3,(H,14,18). The number of benzene rings is 1. The van der Waals surface area contributed by atoms with Crippen molar-refractivity contribution in [3.8, 4) is 17.1 Å². The quantitative estimate of drug-likeness (QED) is 0.842. The van der Waals surface area contributed by atoms with Crippen molar-refractivity contribution in [3.05, 3.63) is 24.3 Å². The number of hydrogen-bond acceptors (Lipinski definition) is 5. The zero-order valence-corrected chi connectivity index (χ0v) is 12.4. The van der Waals surface area contributed by atoms with E-state index in [1.54, 1.807) is 14.2 Å². The van der Waals surface area contributed by atoms with Gasteiger partial charge < -0.3 is 14.6 Å². The number of methoxy groups -OCH3 is 1. The van der Waals surface area contributed by atoms with Gasteiger partial charge in [-0.15, -0.1) is 10.2 Å². The van der Waals surface area contributed by atoms with E-state index in [0.717, 1.165) is 17.1 Å². The van der Waals surface area contributed by atoms with Gasteiger partial charge in [-0.25, -0.2) is 0 Å². The van der Waals surface area contributed by atoms with Crippen LogP contribution in [0.3, 0.4) is 0 Å². The molecule has 0 saturated carbocycles. The Morgan fingerprint density at radius 2 is 2.25 bits per heavy atom. The largest absolute Gasteiger partial charge is 0.497 e. The lowest BCUT2D eigenvalue weighted by Crippen LogP contribution is -2.20. The molecule has 0 aliphatic rings. The first-order chi connectivity index (χ1) is 9.65. The van der Waals surface area contributed by atoms with Crippen LogP contribution >= 0.6 is 11.8 Å². The van der Waals surface area contributed by atoms with Crippen molar-refractivity contribution in [2.45, 2.75) is 5.16 Å². The number of hydrogen-bond donors (Lipinski definition) is 1. The molecule has 7 heteroatoms. The predicted octanol–water partition coefficient (Wildman–Crippen LogP) is 1.33. The Bertz CT molecular complexity index is 612. The lowest BCUT2D eigenvalue weighted by molar-refractivity contribution is -0.118. The molecule has 0 radical (unpaired) electrons. The number of nitrogens with zero attached hydrogens (tertiary/aromatic N) is 3. The Kier molecular flexibility index (Phi) is 4.62. The summed E-state index contributed by atoms with van der Waals surface area (Å²) >= 11 is 1.35. The Morgan fingerprint density at radius 3 is 2.95 bits per heavy atom. The molecule has 1 N–H and O–H groups in total. The fourth-order valence-corrected chi connectivity index (χ4v) is 2.44. The van der Waals surface area contributed by atoms with Crippen LogP contribution < -0.4 is 10.1 Å². The topological polar surface area (TPSA) is 69.0 Å². The van der Waals surface area contributed by atoms with Crippen molar-refractivity contribution < 1.29 is 9.53 Å². The Morgan fingerprint density at radius 1 is 1.45 bits per heavy atom. The highest BCUT2D eigenvalue weighted by molar-refractivity contribution is 7.99. The number of rotatable bonds is 5. The van der Waals surface area contributed by atoms with Gasteiger partial charge in [-0.2, -0.15) is 0 Å². The molecule has 0 aliphatic carbocycles. The molecule has 0 saturated heterocycles. The molecule has 106 valence electrons. The first-order valence-corrected chi connectivity index (χ1v) is 7.01. The van der Waals surface area contributed by atoms with E-state index in [1.807, 2.05) is 35.9 Å². The number of aromatic nitrogens is 3. The van der Waals surface area contributed by atoms with Gasteiger partial charge in [-0.05, 0) is 12.1 Å². The Hall–Kier alpha value is -2.02. The highest BCUT2D eigenvalue weighted by atomic mass is 32.2. The summed E-state index contributed by atoms with van der Waals surface area (Å²) in [6, 6.07) is 7.62. The van der Waals surface area contributed by atoms with Crippen molar-refractivity contribution in [1.82, 2.24) is 20.1 Å². The summed E-state index contributed by atoms with van der Waals surface area (Å²) in [5, 5.41) is 11.6. The lowest BCUT2D eigenvalue weighted by atomic mass is 10.2. The van der Waals surface area contributed by atoms with Crippen LogP contribution in [0.15, 0.2) is 29.4 Å². The molecule has 0 atom stereocenters. The smallest absolute Gasteiger partial charge is 0.230 e. The second-order valence-corrected chi connectivity index (χ2v) is 5.00. The van der Waals surface area contributed by atoms with Crippen molar-refractivity contribution in [1.29, 1.82) is 0 Å². The van der Waals surface area contributed by atoms with Gasteiger partial charge in [0.05, 0.1) is 12.9 Å². The van der Waals surface area contributed by atoms with Crippen LogP contribution in [0.1, 0.15) is 0 Å². The minimum Gasteiger partial charge on any atom is -0.497 e. The maximum absolute atomic E-state index is 11.3. The zero-order valence-electron chi connectivity index (χ0n) is 11.6. The monoisotopic (exact) mass is 292 g/mol. The highest BCUT2D eigenvalue weighted by Gasteiger charge is 2.12. The molecule has 1 aromatic heterocycles. The second kappa shape index (κ2) is 6.42. The van der Waals surface area contributed by atoms with Gasteiger partial charge in [0.15, 0.2) is 11.0 Å². The molecule has 1 heterocycles. The van der Waals surface area contributed by atoms with Crippen LogP contribution in [0, 0.1) is 0 Å². The Balaban J connectivity index is 2.21. The number of ether oxygens (including phenoxy) is 1. The summed E-state index contributed by atoms with van der Waals surface area (Å²) in [7, 11) is 5.11. The fraction of sp³-hybridized carbons (Fsp3) is 0.308. The summed E-state index contributed by atoms with van der Waals surface area (Å²) in [5.41, 5.74) is 0.922. The van der Waals surface area contributed by atoms with E-state index >= 15 is 0 Å². The predicted molar refractivity (Wildman–Crippen MR) is 77.8 cm³/mol. The minimum atomic E-state index is -0.0408. The second-order valence-electron chi connectivity index (χ2n) is 4.06. The summed E-state index contributed by atoms with van der Waals surface area (Å²) in [6.45, 7) is 0. The van der Waals surface area contributed by atoms with Gasteiger partial charge in [0.1, 0.15) is 5.75 Å². The van der Waals surface area contributed by atoms with Gasteiger partial charge >= 0.3 is 0 Å². The van der Waals surface area contributed by atoms with Crippen LogP contribution in [0.5, 0.6) is 5.75 Å². The number of thioether (sulfide) groups is 1. The molecule has 0 bridgehead atoms. The average Bonchev–Trinajstić information content (AvgIpc) is 2.85. The third kappa shape index (κ3) is 3.11. The molecule has 2 aromatic rings. The number of amides is 1. The molecule has 6 nitrogen and oxygen atoms in total. The van der Waals surface area contributed by atoms with Crippen LogP contribution in [0.4, 0.5) is 0 Å². The van der Waals surface area contributed by atoms with E-state index in [2.05, 4.69) is 15.5 Å². The molecule has 2 rings (SSSR count). The van der Waals surface area contributed by atoms with Crippen molar-refractivity contribution >= 4 is 17.7 Å². The summed E-state index contributed by atoms with van der Waals surface area (Å²) < 4.78 is 7.06. The van der Waals surface area contributed by atoms with Crippen LogP contribution in [0.25, 0.3) is 11.4 Å². The summed E-state index contributed by atoms with van der Waals surface area (Å²) in [4.78, 5) is 11.3. The zero-order chi connectivity index (χ0) is 14.5. The summed E-state index contributed by atoms with van der Waals surface area (Å²) in [5.74, 6) is 1.79. The van der Waals surface area contributed by atoms with Gasteiger partial charge in [-0.1, -0.05) is 23.9 Å². The molecule has 0 fully saturated rings. The van der Waals surface area contributed by atoms with Crippen molar-refractivity contribution in [2.75, 3.05) is 19.9 Å². The molecular formula is C13H16N4O2S. The van der Waals surface area contributed by atoms with Gasteiger partial charge in [0.2, 0.25) is 5.91 Å². The highest BCUT2D eigenvalue weighted by Crippen LogP contribution is 2.25. The SMILES string of the molecule is CNC(=O)CSc1nnc(-c2cccc(OC)c2)n1C. The third-order valence-electron chi connectivity index (χ3n) is 2.77. The van der Waals surface area contributed by atoms with E-state index in [0.29, 0.717) is 10.9 Å². The van der Waals surface area contributed by atoms with E-state index in [4.69, 9.17) is 4.74 Å². The molecule has 20 heavy (non-hydrogen) atoms. The fourth-order valence-electron chi connectivity index (χ4n) is 1.66. The van der Waals surface area contributed by atoms with E-state index < -0.39 is 0 Å². The summed E-state index contributed by atoms with van der Waals surface area (Å²) in [6.07, 6.45) is 0. The molecular weight excluding hydrogens is 276 g/mol. The van der Waals surface area contributed by atoms with E-state index in [9.17, 15) is 4.79 Å². The van der Waals surface area contributed by atoms with E-state index in [1.165, 1.54) is 11.8 Å². The Labute approximate surface area is 121 Å². The molecule has 0 unspecified atom stereocenters. The van der Waals surface area contributed by atoms with Crippen LogP contribution in [-0.2, 0) is 11.8 Å². The third-order valence-corrected chi connectivity index (χ3v) is 3.79. The normalized spacial score (nSPS) is 10.3. The number of carbonyl (C=O) groups is 1. The minimum absolute atomic E-state index is 0.0408. The van der Waals surface area contributed by atoms with Gasteiger partial charge in [0.25, 0.3) is 0 Å². The van der Waals surface area contributed by atoms with Crippen molar-refractivity contribution in [2.24, 2.45) is 7.05 Å². The van der Waals surface area contributed by atoms with Crippen LogP contribution in [0.2, 0.25) is 0 Å². The van der Waals surface area contributed by atoms with Gasteiger partial charge in [0, 0.05) is 19.7 Å². The van der Waals surface area contributed by atoms with Crippen molar-refractivity contribution in [3.63, 3.8) is 0 Å². The maximum Gasteiger partial charge on any atom is 0.230 e.